The highest BCUT2D eigenvalue weighted by Crippen LogP contribution is 2.38. The Morgan fingerprint density at radius 3 is 2.57 bits per heavy atom. The van der Waals surface area contributed by atoms with Gasteiger partial charge in [-0.2, -0.15) is 18.3 Å². The van der Waals surface area contributed by atoms with Crippen molar-refractivity contribution in [2.75, 3.05) is 11.1 Å². The van der Waals surface area contributed by atoms with Gasteiger partial charge in [-0.1, -0.05) is 18.5 Å². The molecule has 1 heterocycles. The van der Waals surface area contributed by atoms with Crippen molar-refractivity contribution >= 4 is 28.8 Å². The van der Waals surface area contributed by atoms with Crippen LogP contribution in [-0.4, -0.2) is 9.78 Å². The maximum Gasteiger partial charge on any atom is 0.418 e. The topological polar surface area (TPSA) is 55.9 Å². The average molecular weight is 319 g/mol. The summed E-state index contributed by atoms with van der Waals surface area (Å²) in [5.41, 5.74) is 5.89. The molecule has 2 rings (SSSR count). The maximum absolute atomic E-state index is 13.1. The first-order valence-corrected chi connectivity index (χ1v) is 6.57. The molecule has 0 bridgehead atoms. The average Bonchev–Trinajstić information content (AvgIpc) is 2.66. The number of alkyl halides is 3. The van der Waals surface area contributed by atoms with Gasteiger partial charge in [-0.25, -0.2) is 0 Å². The van der Waals surface area contributed by atoms with E-state index in [0.717, 1.165) is 6.07 Å². The minimum Gasteiger partial charge on any atom is -0.394 e. The fourth-order valence-corrected chi connectivity index (χ4v) is 2.16. The van der Waals surface area contributed by atoms with Crippen LogP contribution in [0.1, 0.15) is 18.2 Å². The molecule has 0 saturated carbocycles. The summed E-state index contributed by atoms with van der Waals surface area (Å²) in [5, 5.41) is 6.86. The fourth-order valence-electron chi connectivity index (χ4n) is 1.99. The highest BCUT2D eigenvalue weighted by atomic mass is 35.5. The Labute approximate surface area is 124 Å². The van der Waals surface area contributed by atoms with Gasteiger partial charge in [0.1, 0.15) is 0 Å². The van der Waals surface area contributed by atoms with Gasteiger partial charge in [0, 0.05) is 12.1 Å². The molecule has 0 atom stereocenters. The Morgan fingerprint density at radius 1 is 1.38 bits per heavy atom. The number of nitrogen functional groups attached to an aromatic ring is 1. The van der Waals surface area contributed by atoms with Gasteiger partial charge in [-0.05, 0) is 24.6 Å². The van der Waals surface area contributed by atoms with E-state index in [-0.39, 0.29) is 10.7 Å². The number of nitrogens with zero attached hydrogens (tertiary/aromatic N) is 2. The molecule has 2 aromatic rings. The SMILES string of the molecule is CCc1nn(C)c(Nc2ccc(Cl)cc2C(F)(F)F)c1N. The third-order valence-electron chi connectivity index (χ3n) is 3.04. The summed E-state index contributed by atoms with van der Waals surface area (Å²) < 4.78 is 40.6. The number of anilines is 3. The zero-order chi connectivity index (χ0) is 15.8. The van der Waals surface area contributed by atoms with E-state index in [2.05, 4.69) is 10.4 Å². The van der Waals surface area contributed by atoms with Gasteiger partial charge in [-0.3, -0.25) is 4.68 Å². The Kier molecular flexibility index (Phi) is 4.04. The minimum absolute atomic E-state index is 0.0140. The molecular formula is C13H14ClF3N4. The highest BCUT2D eigenvalue weighted by Gasteiger charge is 2.34. The second-order valence-electron chi connectivity index (χ2n) is 4.50. The molecule has 21 heavy (non-hydrogen) atoms. The van der Waals surface area contributed by atoms with Crippen molar-refractivity contribution < 1.29 is 13.2 Å². The summed E-state index contributed by atoms with van der Waals surface area (Å²) in [4.78, 5) is 0. The van der Waals surface area contributed by atoms with Crippen molar-refractivity contribution in [3.63, 3.8) is 0 Å². The molecule has 4 nitrogen and oxygen atoms in total. The quantitative estimate of drug-likeness (QED) is 0.900. The molecule has 114 valence electrons. The Balaban J connectivity index is 2.48. The Bertz CT molecular complexity index is 664. The number of rotatable bonds is 3. The van der Waals surface area contributed by atoms with Gasteiger partial charge in [0.05, 0.1) is 22.6 Å². The summed E-state index contributed by atoms with van der Waals surface area (Å²) in [6.07, 6.45) is -3.93. The molecule has 1 aromatic carbocycles. The lowest BCUT2D eigenvalue weighted by Gasteiger charge is -2.15. The summed E-state index contributed by atoms with van der Waals surface area (Å²) in [5.74, 6) is 0.319. The monoisotopic (exact) mass is 318 g/mol. The molecule has 0 amide bonds. The van der Waals surface area contributed by atoms with Crippen molar-refractivity contribution in [1.29, 1.82) is 0 Å². The molecule has 0 aliphatic rings. The molecule has 1 aromatic heterocycles. The van der Waals surface area contributed by atoms with Gasteiger partial charge in [-0.15, -0.1) is 0 Å². The lowest BCUT2D eigenvalue weighted by Crippen LogP contribution is -2.10. The standard InChI is InChI=1S/C13H14ClF3N4/c1-3-9-11(18)12(21(2)20-9)19-10-5-4-7(14)6-8(10)13(15,16)17/h4-6,19H,3,18H2,1-2H3. The number of nitrogens with one attached hydrogen (secondary N) is 1. The zero-order valence-electron chi connectivity index (χ0n) is 11.4. The first kappa shape index (κ1) is 15.5. The lowest BCUT2D eigenvalue weighted by atomic mass is 10.1. The number of nitrogens with two attached hydrogens (primary N) is 1. The molecule has 8 heteroatoms. The van der Waals surface area contributed by atoms with Gasteiger partial charge >= 0.3 is 6.18 Å². The number of aromatic nitrogens is 2. The molecule has 0 radical (unpaired) electrons. The van der Waals surface area contributed by atoms with E-state index in [9.17, 15) is 13.2 Å². The maximum atomic E-state index is 13.1. The number of aryl methyl sites for hydroxylation is 2. The second kappa shape index (κ2) is 5.48. The molecule has 0 saturated heterocycles. The minimum atomic E-state index is -4.52. The largest absolute Gasteiger partial charge is 0.418 e. The van der Waals surface area contributed by atoms with E-state index >= 15 is 0 Å². The van der Waals surface area contributed by atoms with Crippen molar-refractivity contribution in [2.24, 2.45) is 7.05 Å². The van der Waals surface area contributed by atoms with Crippen LogP contribution in [-0.2, 0) is 19.6 Å². The van der Waals surface area contributed by atoms with Crippen LogP contribution in [0.15, 0.2) is 18.2 Å². The Morgan fingerprint density at radius 2 is 2.05 bits per heavy atom. The fraction of sp³-hybridized carbons (Fsp3) is 0.308. The van der Waals surface area contributed by atoms with Crippen molar-refractivity contribution in [3.8, 4) is 0 Å². The van der Waals surface area contributed by atoms with Gasteiger partial charge in [0.15, 0.2) is 5.82 Å². The van der Waals surface area contributed by atoms with Crippen molar-refractivity contribution in [2.45, 2.75) is 19.5 Å². The second-order valence-corrected chi connectivity index (χ2v) is 4.94. The lowest BCUT2D eigenvalue weighted by molar-refractivity contribution is -0.136. The highest BCUT2D eigenvalue weighted by molar-refractivity contribution is 6.30. The van der Waals surface area contributed by atoms with Crippen molar-refractivity contribution in [1.82, 2.24) is 9.78 Å². The van der Waals surface area contributed by atoms with Crippen LogP contribution in [0.25, 0.3) is 0 Å². The van der Waals surface area contributed by atoms with Crippen LogP contribution in [0.2, 0.25) is 5.02 Å². The van der Waals surface area contributed by atoms with E-state index in [0.29, 0.717) is 23.6 Å². The van der Waals surface area contributed by atoms with Crippen LogP contribution in [0.3, 0.4) is 0 Å². The molecule has 0 unspecified atom stereocenters. The molecule has 0 aliphatic heterocycles. The first-order valence-electron chi connectivity index (χ1n) is 6.19. The molecule has 0 fully saturated rings. The van der Waals surface area contributed by atoms with Gasteiger partial charge in [0.2, 0.25) is 0 Å². The molecule has 3 N–H and O–H groups in total. The number of hydrogen-bond acceptors (Lipinski definition) is 3. The normalized spacial score (nSPS) is 11.7. The van der Waals surface area contributed by atoms with E-state index in [1.54, 1.807) is 7.05 Å². The van der Waals surface area contributed by atoms with Crippen LogP contribution >= 0.6 is 11.6 Å². The first-order chi connectivity index (χ1) is 9.74. The molecular weight excluding hydrogens is 305 g/mol. The van der Waals surface area contributed by atoms with Crippen LogP contribution in [0, 0.1) is 0 Å². The van der Waals surface area contributed by atoms with Crippen LogP contribution in [0.4, 0.5) is 30.4 Å². The van der Waals surface area contributed by atoms with Crippen LogP contribution < -0.4 is 11.1 Å². The number of halogens is 4. The van der Waals surface area contributed by atoms with Gasteiger partial charge < -0.3 is 11.1 Å². The van der Waals surface area contributed by atoms with Crippen LogP contribution in [0.5, 0.6) is 0 Å². The summed E-state index contributed by atoms with van der Waals surface area (Å²) >= 11 is 5.64. The zero-order valence-corrected chi connectivity index (χ0v) is 12.2. The smallest absolute Gasteiger partial charge is 0.394 e. The number of benzene rings is 1. The molecule has 0 aliphatic carbocycles. The van der Waals surface area contributed by atoms with E-state index in [1.165, 1.54) is 16.8 Å². The third-order valence-corrected chi connectivity index (χ3v) is 3.27. The van der Waals surface area contributed by atoms with Gasteiger partial charge in [0.25, 0.3) is 0 Å². The summed E-state index contributed by atoms with van der Waals surface area (Å²) in [6.45, 7) is 1.87. The predicted octanol–water partition coefficient (Wildman–Crippen LogP) is 3.98. The van der Waals surface area contributed by atoms with E-state index in [4.69, 9.17) is 17.3 Å². The predicted molar refractivity (Wildman–Crippen MR) is 76.7 cm³/mol. The van der Waals surface area contributed by atoms with E-state index < -0.39 is 11.7 Å². The summed E-state index contributed by atoms with van der Waals surface area (Å²) in [7, 11) is 1.61. The van der Waals surface area contributed by atoms with E-state index in [1.807, 2.05) is 6.92 Å². The Hall–Kier alpha value is -1.89. The number of hydrogen-bond donors (Lipinski definition) is 2. The molecule has 0 spiro atoms. The summed E-state index contributed by atoms with van der Waals surface area (Å²) in [6, 6.07) is 3.52. The van der Waals surface area contributed by atoms with Crippen molar-refractivity contribution in [3.05, 3.63) is 34.5 Å². The third kappa shape index (κ3) is 3.07.